The Balaban J connectivity index is 0.000000383. The third-order valence-corrected chi connectivity index (χ3v) is 3.18. The summed E-state index contributed by atoms with van der Waals surface area (Å²) in [6.07, 6.45) is 3.88. The summed E-state index contributed by atoms with van der Waals surface area (Å²) in [4.78, 5) is 21.6. The van der Waals surface area contributed by atoms with E-state index in [2.05, 4.69) is 42.6 Å². The van der Waals surface area contributed by atoms with Gasteiger partial charge < -0.3 is 24.7 Å². The summed E-state index contributed by atoms with van der Waals surface area (Å²) >= 11 is 0. The molecule has 1 saturated heterocycles. The first-order chi connectivity index (χ1) is 9.90. The predicted molar refractivity (Wildman–Crippen MR) is 80.8 cm³/mol. The standard InChI is InChI=1S/C14H21NO.H3O4P/c1-2-15-13(14-9-6-10-16-14)11-12-7-4-3-5-8-12;1-5(2,3)4/h3-5,7-8,13-15H,2,6,9-11H2,1H3;(H3,1,2,3,4). The topological polar surface area (TPSA) is 99.0 Å². The predicted octanol–water partition coefficient (Wildman–Crippen LogP) is 1.46. The van der Waals surface area contributed by atoms with Crippen LogP contribution in [0, 0.1) is 0 Å². The van der Waals surface area contributed by atoms with Crippen LogP contribution in [0.5, 0.6) is 0 Å². The van der Waals surface area contributed by atoms with Crippen molar-refractivity contribution in [2.75, 3.05) is 13.2 Å². The first kappa shape index (κ1) is 18.3. The molecule has 7 heteroatoms. The van der Waals surface area contributed by atoms with Gasteiger partial charge in [0.15, 0.2) is 0 Å². The highest BCUT2D eigenvalue weighted by atomic mass is 31.2. The molecule has 0 aromatic heterocycles. The molecule has 1 aromatic rings. The lowest BCUT2D eigenvalue weighted by Crippen LogP contribution is -2.41. The lowest BCUT2D eigenvalue weighted by molar-refractivity contribution is 0.0789. The molecule has 2 atom stereocenters. The fourth-order valence-electron chi connectivity index (χ4n) is 2.39. The van der Waals surface area contributed by atoms with Crippen LogP contribution < -0.4 is 5.32 Å². The normalized spacial score (nSPS) is 19.7. The second-order valence-electron chi connectivity index (χ2n) is 4.92. The number of ether oxygens (including phenoxy) is 1. The van der Waals surface area contributed by atoms with Gasteiger partial charge in [0.25, 0.3) is 0 Å². The van der Waals surface area contributed by atoms with Crippen LogP contribution in [0.2, 0.25) is 0 Å². The molecular weight excluding hydrogens is 293 g/mol. The summed E-state index contributed by atoms with van der Waals surface area (Å²) in [5.41, 5.74) is 1.39. The molecule has 2 rings (SSSR count). The lowest BCUT2D eigenvalue weighted by Gasteiger charge is -2.23. The zero-order chi connectivity index (χ0) is 15.7. The van der Waals surface area contributed by atoms with Gasteiger partial charge in [-0.3, -0.25) is 0 Å². The maximum absolute atomic E-state index is 8.88. The van der Waals surface area contributed by atoms with Gasteiger partial charge in [0, 0.05) is 12.6 Å². The summed E-state index contributed by atoms with van der Waals surface area (Å²) in [6.45, 7) is 4.10. The van der Waals surface area contributed by atoms with E-state index in [1.165, 1.54) is 18.4 Å². The third kappa shape index (κ3) is 8.98. The Bertz CT molecular complexity index is 422. The zero-order valence-electron chi connectivity index (χ0n) is 12.2. The van der Waals surface area contributed by atoms with Crippen LogP contribution in [0.3, 0.4) is 0 Å². The molecule has 1 aromatic carbocycles. The summed E-state index contributed by atoms with van der Waals surface area (Å²) in [6, 6.07) is 11.1. The monoisotopic (exact) mass is 317 g/mol. The van der Waals surface area contributed by atoms with Gasteiger partial charge in [-0.05, 0) is 31.4 Å². The maximum Gasteiger partial charge on any atom is 0.466 e. The molecule has 1 aliphatic heterocycles. The summed E-state index contributed by atoms with van der Waals surface area (Å²) in [5.74, 6) is 0. The van der Waals surface area contributed by atoms with Crippen molar-refractivity contribution in [3.63, 3.8) is 0 Å². The molecule has 0 saturated carbocycles. The van der Waals surface area contributed by atoms with Crippen LogP contribution in [-0.2, 0) is 15.7 Å². The first-order valence-corrected chi connectivity index (χ1v) is 8.64. The number of rotatable bonds is 5. The number of hydrogen-bond acceptors (Lipinski definition) is 3. The van der Waals surface area contributed by atoms with Gasteiger partial charge >= 0.3 is 7.82 Å². The molecule has 0 bridgehead atoms. The van der Waals surface area contributed by atoms with E-state index in [-0.39, 0.29) is 0 Å². The quantitative estimate of drug-likeness (QED) is 0.614. The maximum atomic E-state index is 8.88. The summed E-state index contributed by atoms with van der Waals surface area (Å²) in [7, 11) is -4.64. The van der Waals surface area contributed by atoms with E-state index < -0.39 is 7.82 Å². The second kappa shape index (κ2) is 9.30. The van der Waals surface area contributed by atoms with Crippen molar-refractivity contribution in [2.45, 2.75) is 38.3 Å². The minimum Gasteiger partial charge on any atom is -0.377 e. The van der Waals surface area contributed by atoms with Crippen molar-refractivity contribution in [1.82, 2.24) is 5.32 Å². The fourth-order valence-corrected chi connectivity index (χ4v) is 2.39. The number of benzene rings is 1. The molecule has 1 aliphatic rings. The smallest absolute Gasteiger partial charge is 0.377 e. The van der Waals surface area contributed by atoms with Crippen molar-refractivity contribution in [2.24, 2.45) is 0 Å². The zero-order valence-corrected chi connectivity index (χ0v) is 13.1. The Labute approximate surface area is 125 Å². The van der Waals surface area contributed by atoms with E-state index in [0.29, 0.717) is 12.1 Å². The molecule has 120 valence electrons. The molecule has 1 fully saturated rings. The SMILES string of the molecule is CCNC(Cc1ccccc1)C1CCCO1.O=P(O)(O)O. The van der Waals surface area contributed by atoms with Gasteiger partial charge in [0.2, 0.25) is 0 Å². The Morgan fingerprint density at radius 3 is 2.43 bits per heavy atom. The minimum atomic E-state index is -4.64. The van der Waals surface area contributed by atoms with Gasteiger partial charge in [-0.25, -0.2) is 4.57 Å². The molecule has 0 aliphatic carbocycles. The van der Waals surface area contributed by atoms with Crippen molar-refractivity contribution in [1.29, 1.82) is 0 Å². The van der Waals surface area contributed by atoms with Gasteiger partial charge in [-0.15, -0.1) is 0 Å². The van der Waals surface area contributed by atoms with Crippen molar-refractivity contribution < 1.29 is 24.0 Å². The Hall–Kier alpha value is -0.750. The van der Waals surface area contributed by atoms with Crippen LogP contribution in [0.4, 0.5) is 0 Å². The third-order valence-electron chi connectivity index (χ3n) is 3.18. The van der Waals surface area contributed by atoms with Crippen molar-refractivity contribution in [3.8, 4) is 0 Å². The van der Waals surface area contributed by atoms with Gasteiger partial charge in [0.05, 0.1) is 6.10 Å². The van der Waals surface area contributed by atoms with Crippen molar-refractivity contribution in [3.05, 3.63) is 35.9 Å². The van der Waals surface area contributed by atoms with Crippen LogP contribution in [-0.4, -0.2) is 40.0 Å². The number of likely N-dealkylation sites (N-methyl/N-ethyl adjacent to an activating group) is 1. The first-order valence-electron chi connectivity index (χ1n) is 7.07. The molecule has 6 nitrogen and oxygen atoms in total. The molecule has 2 unspecified atom stereocenters. The van der Waals surface area contributed by atoms with E-state index in [0.717, 1.165) is 19.6 Å². The van der Waals surface area contributed by atoms with Crippen molar-refractivity contribution >= 4 is 7.82 Å². The molecule has 0 radical (unpaired) electrons. The minimum absolute atomic E-state index is 0.403. The van der Waals surface area contributed by atoms with Crippen LogP contribution in [0.25, 0.3) is 0 Å². The second-order valence-corrected chi connectivity index (χ2v) is 5.95. The summed E-state index contributed by atoms with van der Waals surface area (Å²) < 4.78 is 14.7. The number of nitrogens with one attached hydrogen (secondary N) is 1. The number of phosphoric acid groups is 1. The van der Waals surface area contributed by atoms with Gasteiger partial charge in [0.1, 0.15) is 0 Å². The van der Waals surface area contributed by atoms with E-state index in [4.69, 9.17) is 24.0 Å². The number of hydrogen-bond donors (Lipinski definition) is 4. The molecular formula is C14H24NO5P. The fraction of sp³-hybridized carbons (Fsp3) is 0.571. The van der Waals surface area contributed by atoms with Gasteiger partial charge in [-0.1, -0.05) is 37.3 Å². The molecule has 0 spiro atoms. The molecule has 1 heterocycles. The summed E-state index contributed by atoms with van der Waals surface area (Å²) in [5, 5.41) is 3.55. The Kier molecular flexibility index (Phi) is 8.11. The van der Waals surface area contributed by atoms with Crippen LogP contribution >= 0.6 is 7.82 Å². The highest BCUT2D eigenvalue weighted by molar-refractivity contribution is 7.45. The average molecular weight is 317 g/mol. The van der Waals surface area contributed by atoms with Gasteiger partial charge in [-0.2, -0.15) is 0 Å². The molecule has 0 amide bonds. The largest absolute Gasteiger partial charge is 0.466 e. The lowest BCUT2D eigenvalue weighted by atomic mass is 9.99. The Morgan fingerprint density at radius 2 is 1.95 bits per heavy atom. The van der Waals surface area contributed by atoms with Crippen LogP contribution in [0.1, 0.15) is 25.3 Å². The van der Waals surface area contributed by atoms with E-state index in [1.54, 1.807) is 0 Å². The highest BCUT2D eigenvalue weighted by Crippen LogP contribution is 2.25. The average Bonchev–Trinajstić information content (AvgIpc) is 2.91. The highest BCUT2D eigenvalue weighted by Gasteiger charge is 2.25. The molecule has 21 heavy (non-hydrogen) atoms. The Morgan fingerprint density at radius 1 is 1.33 bits per heavy atom. The van der Waals surface area contributed by atoms with E-state index in [9.17, 15) is 0 Å². The van der Waals surface area contributed by atoms with Crippen LogP contribution in [0.15, 0.2) is 30.3 Å². The molecule has 4 N–H and O–H groups in total. The van der Waals surface area contributed by atoms with E-state index in [1.807, 2.05) is 0 Å². The van der Waals surface area contributed by atoms with E-state index >= 15 is 0 Å².